The minimum atomic E-state index is -0.301. The fourth-order valence-corrected chi connectivity index (χ4v) is 3.36. The van der Waals surface area contributed by atoms with Crippen LogP contribution in [0.3, 0.4) is 0 Å². The average Bonchev–Trinajstić information content (AvgIpc) is 3.45. The van der Waals surface area contributed by atoms with E-state index < -0.39 is 0 Å². The highest BCUT2D eigenvalue weighted by atomic mass is 19.1. The molecule has 0 saturated heterocycles. The van der Waals surface area contributed by atoms with E-state index >= 15 is 0 Å². The van der Waals surface area contributed by atoms with Gasteiger partial charge in [-0.05, 0) is 43.0 Å². The van der Waals surface area contributed by atoms with Crippen LogP contribution < -0.4 is 9.80 Å². The van der Waals surface area contributed by atoms with Crippen molar-refractivity contribution in [2.45, 2.75) is 31.7 Å². The zero-order chi connectivity index (χ0) is 17.4. The molecule has 1 aliphatic heterocycles. The number of halogens is 1. The maximum Gasteiger partial charge on any atom is 0.247 e. The molecule has 0 radical (unpaired) electrons. The van der Waals surface area contributed by atoms with Gasteiger partial charge in [0.1, 0.15) is 12.4 Å². The fraction of sp³-hybridized carbons (Fsp3) is 0.300. The zero-order valence-corrected chi connectivity index (χ0v) is 13.8. The molecule has 0 aromatic heterocycles. The molecule has 1 saturated carbocycles. The number of hydrogen-bond donors (Lipinski definition) is 0. The summed E-state index contributed by atoms with van der Waals surface area (Å²) >= 11 is 0. The Morgan fingerprint density at radius 3 is 2.44 bits per heavy atom. The standard InChI is InChI=1S/C20H19FN2O2/c21-16-6-2-1-5-14(16)9-12-19(24)22-13-20(25)23(15-10-11-15)18-8-4-3-7-17(18)22/h1-8,15H,9-13H2. The lowest BCUT2D eigenvalue weighted by molar-refractivity contribution is -0.123. The van der Waals surface area contributed by atoms with Crippen LogP contribution in [0, 0.1) is 5.82 Å². The van der Waals surface area contributed by atoms with Crippen molar-refractivity contribution in [2.24, 2.45) is 0 Å². The Labute approximate surface area is 145 Å². The Hall–Kier alpha value is -2.69. The third kappa shape index (κ3) is 3.02. The van der Waals surface area contributed by atoms with Gasteiger partial charge in [0.15, 0.2) is 0 Å². The van der Waals surface area contributed by atoms with E-state index in [1.165, 1.54) is 11.0 Å². The number of carbonyl (C=O) groups is 2. The van der Waals surface area contributed by atoms with Crippen molar-refractivity contribution in [3.63, 3.8) is 0 Å². The number of fused-ring (bicyclic) bond motifs is 1. The summed E-state index contributed by atoms with van der Waals surface area (Å²) in [5.74, 6) is -0.495. The summed E-state index contributed by atoms with van der Waals surface area (Å²) in [4.78, 5) is 28.6. The van der Waals surface area contributed by atoms with Gasteiger partial charge in [-0.3, -0.25) is 9.59 Å². The minimum Gasteiger partial charge on any atom is -0.306 e. The van der Waals surface area contributed by atoms with Crippen molar-refractivity contribution in [2.75, 3.05) is 16.3 Å². The van der Waals surface area contributed by atoms with Crippen LogP contribution in [0.15, 0.2) is 48.5 Å². The lowest BCUT2D eigenvalue weighted by Gasteiger charge is -2.36. The second kappa shape index (κ2) is 6.31. The van der Waals surface area contributed by atoms with Crippen LogP contribution >= 0.6 is 0 Å². The second-order valence-corrected chi connectivity index (χ2v) is 6.55. The molecule has 1 fully saturated rings. The van der Waals surface area contributed by atoms with E-state index in [-0.39, 0.29) is 36.6 Å². The molecule has 0 bridgehead atoms. The first kappa shape index (κ1) is 15.8. The Balaban J connectivity index is 1.55. The van der Waals surface area contributed by atoms with E-state index in [0.29, 0.717) is 12.0 Å². The third-order valence-electron chi connectivity index (χ3n) is 4.77. The molecular weight excluding hydrogens is 319 g/mol. The average molecular weight is 338 g/mol. The van der Waals surface area contributed by atoms with Gasteiger partial charge >= 0.3 is 0 Å². The van der Waals surface area contributed by atoms with E-state index in [2.05, 4.69) is 0 Å². The highest BCUT2D eigenvalue weighted by Gasteiger charge is 2.40. The fourth-order valence-electron chi connectivity index (χ4n) is 3.36. The largest absolute Gasteiger partial charge is 0.306 e. The predicted octanol–water partition coefficient (Wildman–Crippen LogP) is 3.30. The number of anilines is 2. The van der Waals surface area contributed by atoms with Crippen molar-refractivity contribution < 1.29 is 14.0 Å². The number of hydrogen-bond acceptors (Lipinski definition) is 2. The summed E-state index contributed by atoms with van der Waals surface area (Å²) in [5.41, 5.74) is 2.10. The molecule has 2 aromatic carbocycles. The molecule has 1 heterocycles. The van der Waals surface area contributed by atoms with Crippen molar-refractivity contribution in [1.82, 2.24) is 0 Å². The maximum atomic E-state index is 13.7. The molecular formula is C20H19FN2O2. The number of para-hydroxylation sites is 2. The van der Waals surface area contributed by atoms with Crippen molar-refractivity contribution in [3.05, 3.63) is 59.9 Å². The first-order valence-corrected chi connectivity index (χ1v) is 8.60. The van der Waals surface area contributed by atoms with Gasteiger partial charge in [0, 0.05) is 12.5 Å². The Morgan fingerprint density at radius 2 is 1.72 bits per heavy atom. The van der Waals surface area contributed by atoms with E-state index in [1.807, 2.05) is 29.2 Å². The molecule has 4 rings (SSSR count). The summed E-state index contributed by atoms with van der Waals surface area (Å²) < 4.78 is 13.7. The first-order valence-electron chi connectivity index (χ1n) is 8.60. The van der Waals surface area contributed by atoms with Crippen molar-refractivity contribution in [3.8, 4) is 0 Å². The topological polar surface area (TPSA) is 40.6 Å². The van der Waals surface area contributed by atoms with E-state index in [0.717, 1.165) is 24.2 Å². The van der Waals surface area contributed by atoms with Crippen LogP contribution in [0.2, 0.25) is 0 Å². The molecule has 4 nitrogen and oxygen atoms in total. The van der Waals surface area contributed by atoms with Gasteiger partial charge in [0.05, 0.1) is 11.4 Å². The molecule has 0 N–H and O–H groups in total. The van der Waals surface area contributed by atoms with Gasteiger partial charge < -0.3 is 9.80 Å². The monoisotopic (exact) mass is 338 g/mol. The van der Waals surface area contributed by atoms with Crippen molar-refractivity contribution in [1.29, 1.82) is 0 Å². The SMILES string of the molecule is O=C(CCc1ccccc1F)N1CC(=O)N(C2CC2)c2ccccc21. The number of rotatable bonds is 4. The van der Waals surface area contributed by atoms with E-state index in [9.17, 15) is 14.0 Å². The van der Waals surface area contributed by atoms with Gasteiger partial charge in [0.2, 0.25) is 11.8 Å². The summed E-state index contributed by atoms with van der Waals surface area (Å²) in [6, 6.07) is 14.3. The van der Waals surface area contributed by atoms with E-state index in [1.54, 1.807) is 18.2 Å². The number of aryl methyl sites for hydroxylation is 1. The molecule has 128 valence electrons. The van der Waals surface area contributed by atoms with Gasteiger partial charge in [-0.25, -0.2) is 4.39 Å². The quantitative estimate of drug-likeness (QED) is 0.858. The number of carbonyl (C=O) groups excluding carboxylic acids is 2. The number of benzene rings is 2. The van der Waals surface area contributed by atoms with Crippen LogP contribution in [0.4, 0.5) is 15.8 Å². The molecule has 2 amide bonds. The maximum absolute atomic E-state index is 13.7. The lowest BCUT2D eigenvalue weighted by atomic mass is 10.1. The van der Waals surface area contributed by atoms with Crippen LogP contribution in [-0.2, 0) is 16.0 Å². The Kier molecular flexibility index (Phi) is 3.99. The molecule has 0 atom stereocenters. The summed E-state index contributed by atoms with van der Waals surface area (Å²) in [5, 5.41) is 0. The minimum absolute atomic E-state index is 0.0413. The molecule has 0 spiro atoms. The Bertz CT molecular complexity index is 832. The molecule has 0 unspecified atom stereocenters. The first-order chi connectivity index (χ1) is 12.1. The van der Waals surface area contributed by atoms with Gasteiger partial charge in [-0.1, -0.05) is 30.3 Å². The summed E-state index contributed by atoms with van der Waals surface area (Å²) in [6.07, 6.45) is 2.53. The molecule has 5 heteroatoms. The van der Waals surface area contributed by atoms with Crippen molar-refractivity contribution >= 4 is 23.2 Å². The van der Waals surface area contributed by atoms with Crippen LogP contribution in [-0.4, -0.2) is 24.4 Å². The van der Waals surface area contributed by atoms with Crippen LogP contribution in [0.1, 0.15) is 24.8 Å². The smallest absolute Gasteiger partial charge is 0.247 e. The van der Waals surface area contributed by atoms with Crippen LogP contribution in [0.5, 0.6) is 0 Å². The van der Waals surface area contributed by atoms with E-state index in [4.69, 9.17) is 0 Å². The predicted molar refractivity (Wildman–Crippen MR) is 94.0 cm³/mol. The zero-order valence-electron chi connectivity index (χ0n) is 13.8. The third-order valence-corrected chi connectivity index (χ3v) is 4.77. The molecule has 1 aliphatic carbocycles. The van der Waals surface area contributed by atoms with Crippen LogP contribution in [0.25, 0.3) is 0 Å². The Morgan fingerprint density at radius 1 is 1.04 bits per heavy atom. The number of amides is 2. The molecule has 25 heavy (non-hydrogen) atoms. The lowest BCUT2D eigenvalue weighted by Crippen LogP contribution is -2.49. The second-order valence-electron chi connectivity index (χ2n) is 6.55. The normalized spacial score (nSPS) is 16.8. The molecule has 2 aromatic rings. The van der Waals surface area contributed by atoms with Gasteiger partial charge in [-0.2, -0.15) is 0 Å². The highest BCUT2D eigenvalue weighted by molar-refractivity contribution is 6.11. The molecule has 2 aliphatic rings. The number of nitrogens with zero attached hydrogens (tertiary/aromatic N) is 2. The van der Waals surface area contributed by atoms with Gasteiger partial charge in [-0.15, -0.1) is 0 Å². The van der Waals surface area contributed by atoms with Gasteiger partial charge in [0.25, 0.3) is 0 Å². The highest BCUT2D eigenvalue weighted by Crippen LogP contribution is 2.40. The summed E-state index contributed by atoms with van der Waals surface area (Å²) in [7, 11) is 0. The summed E-state index contributed by atoms with van der Waals surface area (Å²) in [6.45, 7) is 0.0591.